The Balaban J connectivity index is 1.73. The molecule has 7 heteroatoms. The molecule has 0 saturated carbocycles. The van der Waals surface area contributed by atoms with Crippen LogP contribution in [0.3, 0.4) is 0 Å². The van der Waals surface area contributed by atoms with Crippen LogP contribution < -0.4 is 9.47 Å². The Morgan fingerprint density at radius 1 is 0.679 bits per heavy atom. The predicted octanol–water partition coefficient (Wildman–Crippen LogP) is 6.03. The van der Waals surface area contributed by atoms with Crippen LogP contribution in [0.5, 0.6) is 23.0 Å². The SMILES string of the molecule is N#Cc1cccc(Oc2ccc(Oc3ccc(C(F)(F)F)cc3)cc2)c1C#N. The van der Waals surface area contributed by atoms with Gasteiger partial charge in [-0.3, -0.25) is 0 Å². The highest BCUT2D eigenvalue weighted by molar-refractivity contribution is 5.55. The normalized spacial score (nSPS) is 10.6. The van der Waals surface area contributed by atoms with Gasteiger partial charge in [0.05, 0.1) is 11.1 Å². The van der Waals surface area contributed by atoms with E-state index in [1.54, 1.807) is 36.4 Å². The third-order valence-electron chi connectivity index (χ3n) is 3.73. The van der Waals surface area contributed by atoms with Crippen molar-refractivity contribution in [2.75, 3.05) is 0 Å². The fourth-order valence-electron chi connectivity index (χ4n) is 2.38. The first-order chi connectivity index (χ1) is 13.4. The van der Waals surface area contributed by atoms with E-state index in [1.165, 1.54) is 18.2 Å². The van der Waals surface area contributed by atoms with Gasteiger partial charge in [0.1, 0.15) is 40.7 Å². The maximum absolute atomic E-state index is 12.6. The highest BCUT2D eigenvalue weighted by Crippen LogP contribution is 2.32. The third kappa shape index (κ3) is 4.22. The van der Waals surface area contributed by atoms with Crippen molar-refractivity contribution >= 4 is 0 Å². The number of hydrogen-bond acceptors (Lipinski definition) is 4. The van der Waals surface area contributed by atoms with Crippen molar-refractivity contribution in [2.24, 2.45) is 0 Å². The molecule has 3 aromatic rings. The lowest BCUT2D eigenvalue weighted by atomic mass is 10.1. The minimum absolute atomic E-state index is 0.134. The molecule has 4 nitrogen and oxygen atoms in total. The van der Waals surface area contributed by atoms with Gasteiger partial charge in [-0.2, -0.15) is 23.7 Å². The van der Waals surface area contributed by atoms with Crippen LogP contribution in [0.4, 0.5) is 13.2 Å². The summed E-state index contributed by atoms with van der Waals surface area (Å²) in [5.41, 5.74) is -0.408. The number of halogens is 3. The smallest absolute Gasteiger partial charge is 0.416 e. The van der Waals surface area contributed by atoms with Crippen LogP contribution >= 0.6 is 0 Å². The molecular weight excluding hydrogens is 369 g/mol. The Hall–Kier alpha value is -3.97. The molecule has 0 aliphatic heterocycles. The Morgan fingerprint density at radius 2 is 1.21 bits per heavy atom. The molecule has 0 radical (unpaired) electrons. The molecular formula is C21H11F3N2O2. The van der Waals surface area contributed by atoms with Gasteiger partial charge in [-0.1, -0.05) is 6.07 Å². The zero-order chi connectivity index (χ0) is 20.1. The average Bonchev–Trinajstić information content (AvgIpc) is 2.69. The first-order valence-electron chi connectivity index (χ1n) is 7.97. The zero-order valence-corrected chi connectivity index (χ0v) is 14.2. The van der Waals surface area contributed by atoms with Crippen molar-refractivity contribution in [3.63, 3.8) is 0 Å². The summed E-state index contributed by atoms with van der Waals surface area (Å²) in [5, 5.41) is 18.3. The minimum atomic E-state index is -4.40. The van der Waals surface area contributed by atoms with Crippen LogP contribution in [0.15, 0.2) is 66.7 Å². The van der Waals surface area contributed by atoms with Crippen LogP contribution in [0.25, 0.3) is 0 Å². The Morgan fingerprint density at radius 3 is 1.71 bits per heavy atom. The lowest BCUT2D eigenvalue weighted by Gasteiger charge is -2.10. The average molecular weight is 380 g/mol. The topological polar surface area (TPSA) is 66.0 Å². The van der Waals surface area contributed by atoms with E-state index in [1.807, 2.05) is 12.1 Å². The second kappa shape index (κ2) is 7.73. The number of nitriles is 2. The molecule has 0 aliphatic carbocycles. The molecule has 3 rings (SSSR count). The van der Waals surface area contributed by atoms with Gasteiger partial charge in [0.2, 0.25) is 0 Å². The Bertz CT molecular complexity index is 1060. The van der Waals surface area contributed by atoms with Crippen molar-refractivity contribution in [2.45, 2.75) is 6.18 Å². The van der Waals surface area contributed by atoms with Gasteiger partial charge in [-0.25, -0.2) is 0 Å². The number of benzene rings is 3. The van der Waals surface area contributed by atoms with E-state index in [2.05, 4.69) is 0 Å². The Kier molecular flexibility index (Phi) is 5.19. The van der Waals surface area contributed by atoms with Crippen molar-refractivity contribution in [3.8, 4) is 35.1 Å². The van der Waals surface area contributed by atoms with Crippen molar-refractivity contribution in [3.05, 3.63) is 83.4 Å². The van der Waals surface area contributed by atoms with Crippen molar-refractivity contribution in [1.82, 2.24) is 0 Å². The van der Waals surface area contributed by atoms with Crippen LogP contribution in [-0.2, 0) is 6.18 Å². The second-order valence-electron chi connectivity index (χ2n) is 5.60. The van der Waals surface area contributed by atoms with E-state index < -0.39 is 11.7 Å². The molecule has 138 valence electrons. The summed E-state index contributed by atoms with van der Waals surface area (Å²) in [6.07, 6.45) is -4.40. The lowest BCUT2D eigenvalue weighted by molar-refractivity contribution is -0.137. The van der Waals surface area contributed by atoms with E-state index in [4.69, 9.17) is 14.7 Å². The van der Waals surface area contributed by atoms with Crippen LogP contribution in [0, 0.1) is 22.7 Å². The standard InChI is InChI=1S/C21H11F3N2O2/c22-21(23,24)15-4-6-16(7-5-15)27-17-8-10-18(11-9-17)28-20-3-1-2-14(12-25)19(20)13-26/h1-11H. The number of ether oxygens (including phenoxy) is 2. The maximum atomic E-state index is 12.6. The van der Waals surface area contributed by atoms with E-state index >= 15 is 0 Å². The number of rotatable bonds is 4. The second-order valence-corrected chi connectivity index (χ2v) is 5.60. The number of alkyl halides is 3. The minimum Gasteiger partial charge on any atom is -0.457 e. The molecule has 3 aromatic carbocycles. The summed E-state index contributed by atoms with van der Waals surface area (Å²) in [5.74, 6) is 1.32. The first-order valence-corrected chi connectivity index (χ1v) is 7.97. The molecule has 0 atom stereocenters. The maximum Gasteiger partial charge on any atom is 0.416 e. The zero-order valence-electron chi connectivity index (χ0n) is 14.2. The molecule has 0 bridgehead atoms. The molecule has 0 amide bonds. The van der Waals surface area contributed by atoms with Gasteiger partial charge in [0.25, 0.3) is 0 Å². The fourth-order valence-corrected chi connectivity index (χ4v) is 2.38. The lowest BCUT2D eigenvalue weighted by Crippen LogP contribution is -2.03. The summed E-state index contributed by atoms with van der Waals surface area (Å²) in [7, 11) is 0. The highest BCUT2D eigenvalue weighted by atomic mass is 19.4. The quantitative estimate of drug-likeness (QED) is 0.554. The molecule has 0 aromatic heterocycles. The fraction of sp³-hybridized carbons (Fsp3) is 0.0476. The van der Waals surface area contributed by atoms with Gasteiger partial charge in [-0.05, 0) is 60.7 Å². The molecule has 28 heavy (non-hydrogen) atoms. The summed E-state index contributed by atoms with van der Waals surface area (Å²) in [6, 6.07) is 19.3. The van der Waals surface area contributed by atoms with Crippen molar-refractivity contribution < 1.29 is 22.6 Å². The van der Waals surface area contributed by atoms with Gasteiger partial charge in [0, 0.05) is 0 Å². The number of nitrogens with zero attached hydrogens (tertiary/aromatic N) is 2. The van der Waals surface area contributed by atoms with Crippen LogP contribution in [-0.4, -0.2) is 0 Å². The monoisotopic (exact) mass is 380 g/mol. The molecule has 0 aliphatic rings. The van der Waals surface area contributed by atoms with Gasteiger partial charge in [-0.15, -0.1) is 0 Å². The largest absolute Gasteiger partial charge is 0.457 e. The summed E-state index contributed by atoms with van der Waals surface area (Å²) >= 11 is 0. The third-order valence-corrected chi connectivity index (χ3v) is 3.73. The summed E-state index contributed by atoms with van der Waals surface area (Å²) < 4.78 is 48.9. The summed E-state index contributed by atoms with van der Waals surface area (Å²) in [6.45, 7) is 0. The van der Waals surface area contributed by atoms with E-state index in [9.17, 15) is 18.4 Å². The summed E-state index contributed by atoms with van der Waals surface area (Å²) in [4.78, 5) is 0. The number of hydrogen-bond donors (Lipinski definition) is 0. The van der Waals surface area contributed by atoms with Crippen molar-refractivity contribution in [1.29, 1.82) is 10.5 Å². The molecule has 0 N–H and O–H groups in total. The van der Waals surface area contributed by atoms with Gasteiger partial charge >= 0.3 is 6.18 Å². The van der Waals surface area contributed by atoms with Gasteiger partial charge < -0.3 is 9.47 Å². The van der Waals surface area contributed by atoms with E-state index in [0.29, 0.717) is 11.5 Å². The Labute approximate surface area is 158 Å². The predicted molar refractivity (Wildman–Crippen MR) is 93.9 cm³/mol. The van der Waals surface area contributed by atoms with Crippen LogP contribution in [0.1, 0.15) is 16.7 Å². The molecule has 0 fully saturated rings. The first kappa shape index (κ1) is 18.8. The molecule has 0 saturated heterocycles. The van der Waals surface area contributed by atoms with Gasteiger partial charge in [0.15, 0.2) is 0 Å². The molecule has 0 unspecified atom stereocenters. The van der Waals surface area contributed by atoms with Crippen LogP contribution in [0.2, 0.25) is 0 Å². The highest BCUT2D eigenvalue weighted by Gasteiger charge is 2.30. The van der Waals surface area contributed by atoms with E-state index in [-0.39, 0.29) is 22.6 Å². The molecule has 0 spiro atoms. The van der Waals surface area contributed by atoms with E-state index in [0.717, 1.165) is 12.1 Å². The molecule has 0 heterocycles.